The molecule has 0 aromatic rings. The number of rotatable bonds is 3. The molecule has 6 nitrogen and oxygen atoms in total. The van der Waals surface area contributed by atoms with Crippen molar-refractivity contribution in [2.45, 2.75) is 45.5 Å². The van der Waals surface area contributed by atoms with E-state index in [1.54, 1.807) is 27.7 Å². The number of nitrogens with two attached hydrogens (primary N) is 1. The van der Waals surface area contributed by atoms with Crippen LogP contribution in [0.15, 0.2) is 0 Å². The lowest BCUT2D eigenvalue weighted by Crippen LogP contribution is -2.55. The Morgan fingerprint density at radius 2 is 2.18 bits per heavy atom. The summed E-state index contributed by atoms with van der Waals surface area (Å²) in [6.45, 7) is 7.18. The minimum Gasteiger partial charge on any atom is -0.464 e. The van der Waals surface area contributed by atoms with Gasteiger partial charge in [-0.3, -0.25) is 9.69 Å². The fourth-order valence-electron chi connectivity index (χ4n) is 1.85. The fourth-order valence-corrected chi connectivity index (χ4v) is 1.85. The van der Waals surface area contributed by atoms with Crippen molar-refractivity contribution in [3.8, 4) is 0 Å². The molecule has 1 aliphatic heterocycles. The summed E-state index contributed by atoms with van der Waals surface area (Å²) in [6, 6.07) is -1.38. The van der Waals surface area contributed by atoms with Gasteiger partial charge in [-0.2, -0.15) is 0 Å². The standard InChI is InChI=1S/C11H20N2O4/c1-5-16-10(15)8-6-17-11(3,4)13(8)9(14)7(2)12/h7-8H,5-6,12H2,1-4H3/t7-,8-/m0/s1. The van der Waals surface area contributed by atoms with Crippen LogP contribution in [0.25, 0.3) is 0 Å². The van der Waals surface area contributed by atoms with Gasteiger partial charge in [0.25, 0.3) is 0 Å². The average molecular weight is 244 g/mol. The topological polar surface area (TPSA) is 81.9 Å². The summed E-state index contributed by atoms with van der Waals surface area (Å²) in [6.07, 6.45) is 0. The molecule has 1 amide bonds. The third-order valence-corrected chi connectivity index (χ3v) is 2.67. The molecule has 2 N–H and O–H groups in total. The molecule has 0 aromatic carbocycles. The highest BCUT2D eigenvalue weighted by Crippen LogP contribution is 2.28. The molecule has 0 aliphatic carbocycles. The number of ether oxygens (including phenoxy) is 2. The molecular formula is C11H20N2O4. The van der Waals surface area contributed by atoms with E-state index in [0.717, 1.165) is 0 Å². The van der Waals surface area contributed by atoms with Crippen molar-refractivity contribution in [2.75, 3.05) is 13.2 Å². The number of amides is 1. The van der Waals surface area contributed by atoms with Crippen LogP contribution in [-0.2, 0) is 19.1 Å². The molecule has 1 heterocycles. The fraction of sp³-hybridized carbons (Fsp3) is 0.818. The first kappa shape index (κ1) is 13.9. The van der Waals surface area contributed by atoms with Gasteiger partial charge < -0.3 is 15.2 Å². The summed E-state index contributed by atoms with van der Waals surface area (Å²) < 4.78 is 10.4. The molecule has 1 saturated heterocycles. The Kier molecular flexibility index (Phi) is 4.11. The van der Waals surface area contributed by atoms with Crippen LogP contribution in [0.4, 0.5) is 0 Å². The van der Waals surface area contributed by atoms with E-state index in [2.05, 4.69) is 0 Å². The van der Waals surface area contributed by atoms with Crippen LogP contribution < -0.4 is 5.73 Å². The Labute approximate surface area is 101 Å². The molecule has 0 saturated carbocycles. The lowest BCUT2D eigenvalue weighted by Gasteiger charge is -2.33. The van der Waals surface area contributed by atoms with E-state index in [4.69, 9.17) is 15.2 Å². The van der Waals surface area contributed by atoms with Crippen molar-refractivity contribution < 1.29 is 19.1 Å². The molecular weight excluding hydrogens is 224 g/mol. The summed E-state index contributed by atoms with van der Waals surface area (Å²) in [5.74, 6) is -0.766. The molecule has 0 spiro atoms. The van der Waals surface area contributed by atoms with Gasteiger partial charge in [-0.15, -0.1) is 0 Å². The second-order valence-electron chi connectivity index (χ2n) is 4.52. The van der Waals surface area contributed by atoms with Gasteiger partial charge in [0, 0.05) is 0 Å². The maximum absolute atomic E-state index is 12.0. The van der Waals surface area contributed by atoms with Gasteiger partial charge in [-0.05, 0) is 27.7 Å². The van der Waals surface area contributed by atoms with Crippen molar-refractivity contribution in [3.63, 3.8) is 0 Å². The van der Waals surface area contributed by atoms with E-state index >= 15 is 0 Å². The first-order valence-electron chi connectivity index (χ1n) is 5.70. The number of hydrogen-bond acceptors (Lipinski definition) is 5. The van der Waals surface area contributed by atoms with Gasteiger partial charge in [-0.25, -0.2) is 4.79 Å². The molecule has 6 heteroatoms. The molecule has 1 fully saturated rings. The monoisotopic (exact) mass is 244 g/mol. The van der Waals surface area contributed by atoms with E-state index in [1.807, 2.05) is 0 Å². The van der Waals surface area contributed by atoms with Crippen LogP contribution in [0.2, 0.25) is 0 Å². The lowest BCUT2D eigenvalue weighted by atomic mass is 10.1. The smallest absolute Gasteiger partial charge is 0.331 e. The van der Waals surface area contributed by atoms with Gasteiger partial charge >= 0.3 is 5.97 Å². The summed E-state index contributed by atoms with van der Waals surface area (Å²) in [7, 11) is 0. The number of carbonyl (C=O) groups is 2. The van der Waals surface area contributed by atoms with Crippen LogP contribution in [0.5, 0.6) is 0 Å². The Morgan fingerprint density at radius 3 is 2.65 bits per heavy atom. The van der Waals surface area contributed by atoms with Gasteiger partial charge in [0.2, 0.25) is 5.91 Å². The van der Waals surface area contributed by atoms with E-state index in [-0.39, 0.29) is 19.1 Å². The predicted molar refractivity (Wildman–Crippen MR) is 60.9 cm³/mol. The van der Waals surface area contributed by atoms with Crippen LogP contribution >= 0.6 is 0 Å². The van der Waals surface area contributed by atoms with Crippen molar-refractivity contribution in [1.82, 2.24) is 4.90 Å². The number of carbonyl (C=O) groups excluding carboxylic acids is 2. The Morgan fingerprint density at radius 1 is 1.59 bits per heavy atom. The zero-order valence-electron chi connectivity index (χ0n) is 10.7. The summed E-state index contributed by atoms with van der Waals surface area (Å²) in [4.78, 5) is 25.1. The largest absolute Gasteiger partial charge is 0.464 e. The van der Waals surface area contributed by atoms with E-state index < -0.39 is 23.8 Å². The Bertz CT molecular complexity index is 315. The van der Waals surface area contributed by atoms with Gasteiger partial charge in [0.05, 0.1) is 19.3 Å². The zero-order valence-corrected chi connectivity index (χ0v) is 10.7. The first-order valence-corrected chi connectivity index (χ1v) is 5.70. The van der Waals surface area contributed by atoms with Crippen molar-refractivity contribution in [1.29, 1.82) is 0 Å². The number of hydrogen-bond donors (Lipinski definition) is 1. The molecule has 98 valence electrons. The SMILES string of the molecule is CCOC(=O)[C@@H]1COC(C)(C)N1C(=O)[C@H](C)N. The second-order valence-corrected chi connectivity index (χ2v) is 4.52. The molecule has 2 atom stereocenters. The van der Waals surface area contributed by atoms with Crippen LogP contribution in [0.3, 0.4) is 0 Å². The Balaban J connectivity index is 2.92. The number of nitrogens with zero attached hydrogens (tertiary/aromatic N) is 1. The Hall–Kier alpha value is -1.14. The second kappa shape index (κ2) is 5.01. The maximum atomic E-state index is 12.0. The van der Waals surface area contributed by atoms with Gasteiger partial charge in [0.15, 0.2) is 6.04 Å². The summed E-state index contributed by atoms with van der Waals surface area (Å²) >= 11 is 0. The maximum Gasteiger partial charge on any atom is 0.331 e. The molecule has 0 radical (unpaired) electrons. The highest BCUT2D eigenvalue weighted by atomic mass is 16.6. The minimum absolute atomic E-state index is 0.143. The molecule has 1 rings (SSSR count). The van der Waals surface area contributed by atoms with Gasteiger partial charge in [-0.1, -0.05) is 0 Å². The first-order chi connectivity index (χ1) is 7.81. The highest BCUT2D eigenvalue weighted by molar-refractivity contribution is 5.88. The van der Waals surface area contributed by atoms with E-state index in [9.17, 15) is 9.59 Å². The zero-order chi connectivity index (χ0) is 13.2. The molecule has 1 aliphatic rings. The van der Waals surface area contributed by atoms with Crippen LogP contribution in [0, 0.1) is 0 Å². The van der Waals surface area contributed by atoms with Crippen molar-refractivity contribution >= 4 is 11.9 Å². The van der Waals surface area contributed by atoms with Crippen molar-refractivity contribution in [2.24, 2.45) is 5.73 Å². The molecule has 17 heavy (non-hydrogen) atoms. The van der Waals surface area contributed by atoms with E-state index in [1.165, 1.54) is 4.90 Å². The van der Waals surface area contributed by atoms with Gasteiger partial charge in [0.1, 0.15) is 5.72 Å². The van der Waals surface area contributed by atoms with E-state index in [0.29, 0.717) is 0 Å². The van der Waals surface area contributed by atoms with Crippen LogP contribution in [0.1, 0.15) is 27.7 Å². The minimum atomic E-state index is -0.831. The summed E-state index contributed by atoms with van der Waals surface area (Å²) in [5.41, 5.74) is 4.74. The number of esters is 1. The third-order valence-electron chi connectivity index (χ3n) is 2.67. The lowest BCUT2D eigenvalue weighted by molar-refractivity contribution is -0.159. The average Bonchev–Trinajstić information content (AvgIpc) is 2.53. The summed E-state index contributed by atoms with van der Waals surface area (Å²) in [5, 5.41) is 0. The molecule has 0 aromatic heterocycles. The van der Waals surface area contributed by atoms with Crippen molar-refractivity contribution in [3.05, 3.63) is 0 Å². The molecule has 0 bridgehead atoms. The molecule has 0 unspecified atom stereocenters. The normalized spacial score (nSPS) is 24.5. The quantitative estimate of drug-likeness (QED) is 0.699. The van der Waals surface area contributed by atoms with Crippen LogP contribution in [-0.4, -0.2) is 47.8 Å². The highest BCUT2D eigenvalue weighted by Gasteiger charge is 2.48. The predicted octanol–water partition coefficient (Wildman–Crippen LogP) is -0.140. The third kappa shape index (κ3) is 2.76.